The summed E-state index contributed by atoms with van der Waals surface area (Å²) in [5, 5.41) is 15.3. The standard InChI is InChI=1S/C19H18ClN5O4S2/c20-13-2-1-3-14(10-13)23-18(27)25-19-24-16(11-30-19)17(26)22-9-8-12-4-6-15(7-5-12)31(21,28)29/h1-7,10-11H,8-9H2,(H,22,26)(H2,21,28,29)(H2,23,24,25,27). The van der Waals surface area contributed by atoms with Gasteiger partial charge in [0.1, 0.15) is 5.69 Å². The normalized spacial score (nSPS) is 11.0. The Balaban J connectivity index is 1.48. The fourth-order valence-corrected chi connectivity index (χ4v) is 3.91. The van der Waals surface area contributed by atoms with Crippen molar-refractivity contribution in [3.05, 3.63) is 70.2 Å². The molecule has 3 rings (SSSR count). The summed E-state index contributed by atoms with van der Waals surface area (Å²) in [4.78, 5) is 28.4. The molecule has 12 heteroatoms. The van der Waals surface area contributed by atoms with Crippen LogP contribution in [0, 0.1) is 0 Å². The lowest BCUT2D eigenvalue weighted by molar-refractivity contribution is 0.0950. The van der Waals surface area contributed by atoms with Gasteiger partial charge < -0.3 is 10.6 Å². The molecule has 0 aliphatic heterocycles. The van der Waals surface area contributed by atoms with E-state index in [9.17, 15) is 18.0 Å². The number of carbonyl (C=O) groups excluding carboxylic acids is 2. The predicted molar refractivity (Wildman–Crippen MR) is 120 cm³/mol. The summed E-state index contributed by atoms with van der Waals surface area (Å²) < 4.78 is 22.5. The maximum absolute atomic E-state index is 12.2. The van der Waals surface area contributed by atoms with E-state index in [1.54, 1.807) is 36.4 Å². The number of nitrogens with two attached hydrogens (primary N) is 1. The first-order valence-electron chi connectivity index (χ1n) is 8.90. The molecule has 162 valence electrons. The molecule has 0 aliphatic carbocycles. The van der Waals surface area contributed by atoms with E-state index in [0.717, 1.165) is 16.9 Å². The fourth-order valence-electron chi connectivity index (χ4n) is 2.52. The Hall–Kier alpha value is -2.99. The highest BCUT2D eigenvalue weighted by molar-refractivity contribution is 7.89. The van der Waals surface area contributed by atoms with Gasteiger partial charge in [-0.1, -0.05) is 29.8 Å². The smallest absolute Gasteiger partial charge is 0.325 e. The molecule has 2 aromatic carbocycles. The molecule has 3 aromatic rings. The number of thiazole rings is 1. The Bertz CT molecular complexity index is 1200. The summed E-state index contributed by atoms with van der Waals surface area (Å²) in [6, 6.07) is 12.3. The summed E-state index contributed by atoms with van der Waals surface area (Å²) in [6.45, 7) is 0.323. The summed E-state index contributed by atoms with van der Waals surface area (Å²) in [6.07, 6.45) is 0.494. The molecule has 1 heterocycles. The van der Waals surface area contributed by atoms with Crippen molar-refractivity contribution in [1.29, 1.82) is 0 Å². The molecule has 5 N–H and O–H groups in total. The van der Waals surface area contributed by atoms with E-state index in [-0.39, 0.29) is 21.6 Å². The average molecular weight is 480 g/mol. The third-order valence-corrected chi connectivity index (χ3v) is 5.91. The molecule has 0 unspecified atom stereocenters. The number of nitrogens with zero attached hydrogens (tertiary/aromatic N) is 1. The summed E-state index contributed by atoms with van der Waals surface area (Å²) in [5.74, 6) is -0.388. The van der Waals surface area contributed by atoms with E-state index in [2.05, 4.69) is 20.9 Å². The minimum absolute atomic E-state index is 0.0298. The van der Waals surface area contributed by atoms with Crippen molar-refractivity contribution in [3.63, 3.8) is 0 Å². The van der Waals surface area contributed by atoms with Crippen LogP contribution < -0.4 is 21.1 Å². The van der Waals surface area contributed by atoms with Crippen LogP contribution in [0.25, 0.3) is 0 Å². The number of urea groups is 1. The predicted octanol–water partition coefficient (Wildman–Crippen LogP) is 3.06. The Labute approximate surface area is 187 Å². The Morgan fingerprint density at radius 3 is 2.52 bits per heavy atom. The van der Waals surface area contributed by atoms with Gasteiger partial charge in [-0.3, -0.25) is 10.1 Å². The van der Waals surface area contributed by atoms with Crippen LogP contribution in [-0.2, 0) is 16.4 Å². The van der Waals surface area contributed by atoms with Gasteiger partial charge in [0, 0.05) is 22.6 Å². The number of sulfonamides is 1. The molecule has 0 saturated heterocycles. The number of anilines is 2. The van der Waals surface area contributed by atoms with Crippen LogP contribution in [0.1, 0.15) is 16.1 Å². The fraction of sp³-hybridized carbons (Fsp3) is 0.105. The van der Waals surface area contributed by atoms with Crippen molar-refractivity contribution in [2.45, 2.75) is 11.3 Å². The second kappa shape index (κ2) is 9.88. The first-order chi connectivity index (χ1) is 14.7. The van der Waals surface area contributed by atoms with Crippen molar-refractivity contribution in [1.82, 2.24) is 10.3 Å². The summed E-state index contributed by atoms with van der Waals surface area (Å²) >= 11 is 6.99. The molecule has 0 bridgehead atoms. The molecule has 0 aliphatic rings. The molecule has 0 fully saturated rings. The minimum Gasteiger partial charge on any atom is -0.350 e. The number of amides is 3. The molecule has 0 spiro atoms. The Kier molecular flexibility index (Phi) is 7.23. The van der Waals surface area contributed by atoms with E-state index < -0.39 is 16.1 Å². The van der Waals surface area contributed by atoms with Crippen molar-refractivity contribution >= 4 is 55.7 Å². The van der Waals surface area contributed by atoms with Gasteiger partial charge in [-0.15, -0.1) is 11.3 Å². The number of halogens is 1. The molecule has 9 nitrogen and oxygen atoms in total. The van der Waals surface area contributed by atoms with E-state index >= 15 is 0 Å². The number of hydrogen-bond acceptors (Lipinski definition) is 6. The SMILES string of the molecule is NS(=O)(=O)c1ccc(CCNC(=O)c2csc(NC(=O)Nc3cccc(Cl)c3)n2)cc1. The van der Waals surface area contributed by atoms with Gasteiger partial charge in [0.2, 0.25) is 10.0 Å². The molecule has 0 saturated carbocycles. The first-order valence-corrected chi connectivity index (χ1v) is 11.7. The molecule has 3 amide bonds. The molecule has 31 heavy (non-hydrogen) atoms. The third-order valence-electron chi connectivity index (χ3n) is 3.99. The van der Waals surface area contributed by atoms with Crippen LogP contribution in [0.3, 0.4) is 0 Å². The number of nitrogens with one attached hydrogen (secondary N) is 3. The van der Waals surface area contributed by atoms with Gasteiger partial charge in [0.25, 0.3) is 5.91 Å². The average Bonchev–Trinajstić information content (AvgIpc) is 3.16. The van der Waals surface area contributed by atoms with Gasteiger partial charge in [-0.2, -0.15) is 0 Å². The molecular weight excluding hydrogens is 462 g/mol. The number of carbonyl (C=O) groups is 2. The van der Waals surface area contributed by atoms with Gasteiger partial charge >= 0.3 is 6.03 Å². The second-order valence-corrected chi connectivity index (χ2v) is 9.18. The maximum atomic E-state index is 12.2. The first kappa shape index (κ1) is 22.7. The van der Waals surface area contributed by atoms with Crippen molar-refractivity contribution in [2.24, 2.45) is 5.14 Å². The van der Waals surface area contributed by atoms with Crippen molar-refractivity contribution in [3.8, 4) is 0 Å². The largest absolute Gasteiger partial charge is 0.350 e. The lowest BCUT2D eigenvalue weighted by atomic mass is 10.1. The number of benzene rings is 2. The summed E-state index contributed by atoms with van der Waals surface area (Å²) in [5.41, 5.74) is 1.54. The van der Waals surface area contributed by atoms with E-state index in [4.69, 9.17) is 16.7 Å². The second-order valence-electron chi connectivity index (χ2n) is 6.32. The topological polar surface area (TPSA) is 143 Å². The minimum atomic E-state index is -3.73. The number of rotatable bonds is 7. The zero-order valence-corrected chi connectivity index (χ0v) is 18.4. The van der Waals surface area contributed by atoms with Crippen LogP contribution in [0.15, 0.2) is 58.8 Å². The zero-order valence-electron chi connectivity index (χ0n) is 16.0. The molecule has 1 aromatic heterocycles. The highest BCUT2D eigenvalue weighted by Crippen LogP contribution is 2.18. The maximum Gasteiger partial charge on any atom is 0.325 e. The monoisotopic (exact) mass is 479 g/mol. The van der Waals surface area contributed by atoms with Crippen LogP contribution in [-0.4, -0.2) is 31.9 Å². The van der Waals surface area contributed by atoms with Gasteiger partial charge in [-0.05, 0) is 42.3 Å². The zero-order chi connectivity index (χ0) is 22.4. The lowest BCUT2D eigenvalue weighted by Gasteiger charge is -2.06. The van der Waals surface area contributed by atoms with Gasteiger partial charge in [0.05, 0.1) is 4.90 Å². The van der Waals surface area contributed by atoms with Gasteiger partial charge in [-0.25, -0.2) is 23.3 Å². The molecular formula is C19H18ClN5O4S2. The van der Waals surface area contributed by atoms with Crippen LogP contribution in [0.4, 0.5) is 15.6 Å². The van der Waals surface area contributed by atoms with E-state index in [1.165, 1.54) is 17.5 Å². The van der Waals surface area contributed by atoms with Crippen LogP contribution >= 0.6 is 22.9 Å². The number of primary sulfonamides is 1. The third kappa shape index (κ3) is 6.76. The van der Waals surface area contributed by atoms with Crippen molar-refractivity contribution in [2.75, 3.05) is 17.2 Å². The van der Waals surface area contributed by atoms with Crippen LogP contribution in [0.2, 0.25) is 5.02 Å². The highest BCUT2D eigenvalue weighted by atomic mass is 35.5. The van der Waals surface area contributed by atoms with Crippen LogP contribution in [0.5, 0.6) is 0 Å². The van der Waals surface area contributed by atoms with E-state index in [1.807, 2.05) is 0 Å². The number of hydrogen-bond donors (Lipinski definition) is 4. The van der Waals surface area contributed by atoms with Gasteiger partial charge in [0.15, 0.2) is 5.13 Å². The van der Waals surface area contributed by atoms with Crippen molar-refractivity contribution < 1.29 is 18.0 Å². The highest BCUT2D eigenvalue weighted by Gasteiger charge is 2.13. The molecule has 0 radical (unpaired) electrons. The Morgan fingerprint density at radius 1 is 1.10 bits per heavy atom. The number of aromatic nitrogens is 1. The van der Waals surface area contributed by atoms with E-state index in [0.29, 0.717) is 23.7 Å². The molecule has 0 atom stereocenters. The lowest BCUT2D eigenvalue weighted by Crippen LogP contribution is -2.26. The quantitative estimate of drug-likeness (QED) is 0.411. The summed E-state index contributed by atoms with van der Waals surface area (Å²) in [7, 11) is -3.73. The Morgan fingerprint density at radius 2 is 1.84 bits per heavy atom.